The molecular formula is C15H20Cl2N2O3. The molecule has 0 aromatic heterocycles. The summed E-state index contributed by atoms with van der Waals surface area (Å²) in [6.45, 7) is 7.76. The minimum absolute atomic E-state index is 0.0603. The Morgan fingerprint density at radius 2 is 1.86 bits per heavy atom. The lowest BCUT2D eigenvalue weighted by atomic mass is 10.0. The Labute approximate surface area is 140 Å². The van der Waals surface area contributed by atoms with Gasteiger partial charge in [-0.15, -0.1) is 0 Å². The van der Waals surface area contributed by atoms with Gasteiger partial charge in [-0.2, -0.15) is 0 Å². The van der Waals surface area contributed by atoms with Crippen LogP contribution in [0.5, 0.6) is 5.75 Å². The molecule has 1 aromatic carbocycles. The molecule has 1 amide bonds. The zero-order valence-electron chi connectivity index (χ0n) is 12.7. The zero-order valence-corrected chi connectivity index (χ0v) is 14.2. The van der Waals surface area contributed by atoms with E-state index in [0.717, 1.165) is 13.1 Å². The van der Waals surface area contributed by atoms with Crippen molar-refractivity contribution in [1.29, 1.82) is 0 Å². The molecule has 122 valence electrons. The van der Waals surface area contributed by atoms with Gasteiger partial charge in [0, 0.05) is 30.7 Å². The van der Waals surface area contributed by atoms with Gasteiger partial charge in [0.15, 0.2) is 5.75 Å². The van der Waals surface area contributed by atoms with Crippen LogP contribution in [-0.4, -0.2) is 54.3 Å². The highest BCUT2D eigenvalue weighted by Crippen LogP contribution is 2.32. The molecule has 1 saturated heterocycles. The van der Waals surface area contributed by atoms with Gasteiger partial charge in [-0.05, 0) is 26.0 Å². The van der Waals surface area contributed by atoms with E-state index in [4.69, 9.17) is 27.9 Å². The van der Waals surface area contributed by atoms with Crippen molar-refractivity contribution in [2.45, 2.75) is 19.4 Å². The van der Waals surface area contributed by atoms with Gasteiger partial charge < -0.3 is 15.2 Å². The first kappa shape index (κ1) is 17.3. The quantitative estimate of drug-likeness (QED) is 0.879. The summed E-state index contributed by atoms with van der Waals surface area (Å²) < 4.78 is 5.35. The third-order valence-corrected chi connectivity index (χ3v) is 4.40. The van der Waals surface area contributed by atoms with E-state index in [0.29, 0.717) is 25.3 Å². The molecule has 0 saturated carbocycles. The van der Waals surface area contributed by atoms with Crippen molar-refractivity contribution >= 4 is 29.1 Å². The molecule has 22 heavy (non-hydrogen) atoms. The maximum Gasteiger partial charge on any atom is 0.251 e. The van der Waals surface area contributed by atoms with Crippen LogP contribution in [0.25, 0.3) is 0 Å². The third kappa shape index (κ3) is 4.04. The number of hydrogen-bond acceptors (Lipinski definition) is 4. The highest BCUT2D eigenvalue weighted by molar-refractivity contribution is 6.37. The predicted octanol–water partition coefficient (Wildman–Crippen LogP) is 2.54. The molecule has 0 bridgehead atoms. The second-order valence-corrected chi connectivity index (χ2v) is 6.70. The van der Waals surface area contributed by atoms with Crippen molar-refractivity contribution in [3.8, 4) is 5.75 Å². The number of phenols is 1. The molecule has 0 aliphatic carbocycles. The van der Waals surface area contributed by atoms with Crippen LogP contribution in [0.15, 0.2) is 12.1 Å². The van der Waals surface area contributed by atoms with Crippen LogP contribution >= 0.6 is 23.2 Å². The number of carbonyl (C=O) groups excluding carboxylic acids is 1. The summed E-state index contributed by atoms with van der Waals surface area (Å²) in [5.41, 5.74) is 0.148. The van der Waals surface area contributed by atoms with Gasteiger partial charge >= 0.3 is 0 Å². The van der Waals surface area contributed by atoms with Crippen molar-refractivity contribution in [2.24, 2.45) is 0 Å². The van der Waals surface area contributed by atoms with Crippen molar-refractivity contribution in [3.63, 3.8) is 0 Å². The van der Waals surface area contributed by atoms with E-state index in [-0.39, 0.29) is 27.2 Å². The van der Waals surface area contributed by atoms with Crippen molar-refractivity contribution in [1.82, 2.24) is 10.2 Å². The Bertz CT molecular complexity index is 535. The smallest absolute Gasteiger partial charge is 0.251 e. The first-order valence-electron chi connectivity index (χ1n) is 7.10. The predicted molar refractivity (Wildman–Crippen MR) is 86.9 cm³/mol. The number of hydrogen-bond donors (Lipinski definition) is 2. The highest BCUT2D eigenvalue weighted by Gasteiger charge is 2.28. The lowest BCUT2D eigenvalue weighted by Gasteiger charge is -2.40. The summed E-state index contributed by atoms with van der Waals surface area (Å²) in [5, 5.41) is 12.5. The number of nitrogens with zero attached hydrogens (tertiary/aromatic N) is 1. The lowest BCUT2D eigenvalue weighted by molar-refractivity contribution is -0.00923. The van der Waals surface area contributed by atoms with E-state index in [1.165, 1.54) is 12.1 Å². The average Bonchev–Trinajstić information content (AvgIpc) is 2.50. The normalized spacial score (nSPS) is 16.5. The molecule has 7 heteroatoms. The van der Waals surface area contributed by atoms with E-state index in [1.807, 2.05) is 0 Å². The van der Waals surface area contributed by atoms with Gasteiger partial charge in [-0.1, -0.05) is 23.2 Å². The Kier molecular flexibility index (Phi) is 5.55. The Hall–Kier alpha value is -1.01. The van der Waals surface area contributed by atoms with Gasteiger partial charge in [0.1, 0.15) is 0 Å². The summed E-state index contributed by atoms with van der Waals surface area (Å²) in [7, 11) is 0. The molecule has 0 spiro atoms. The maximum absolute atomic E-state index is 12.2. The van der Waals surface area contributed by atoms with Crippen molar-refractivity contribution in [3.05, 3.63) is 27.7 Å². The van der Waals surface area contributed by atoms with Gasteiger partial charge in [-0.25, -0.2) is 0 Å². The maximum atomic E-state index is 12.2. The molecule has 1 aromatic rings. The van der Waals surface area contributed by atoms with E-state index in [1.54, 1.807) is 0 Å². The first-order valence-corrected chi connectivity index (χ1v) is 7.86. The van der Waals surface area contributed by atoms with E-state index in [9.17, 15) is 9.90 Å². The molecule has 2 N–H and O–H groups in total. The fourth-order valence-corrected chi connectivity index (χ4v) is 2.86. The van der Waals surface area contributed by atoms with Gasteiger partial charge in [-0.3, -0.25) is 9.69 Å². The van der Waals surface area contributed by atoms with Crippen molar-refractivity contribution in [2.75, 3.05) is 32.8 Å². The number of amides is 1. The summed E-state index contributed by atoms with van der Waals surface area (Å²) in [5.74, 6) is -0.487. The van der Waals surface area contributed by atoms with Crippen LogP contribution in [0.1, 0.15) is 24.2 Å². The minimum atomic E-state index is -0.273. The summed E-state index contributed by atoms with van der Waals surface area (Å²) >= 11 is 11.7. The fourth-order valence-electron chi connectivity index (χ4n) is 2.38. The number of carbonyl (C=O) groups is 1. The molecule has 1 aliphatic heterocycles. The summed E-state index contributed by atoms with van der Waals surface area (Å²) in [6.07, 6.45) is 0. The first-order chi connectivity index (χ1) is 10.3. The summed E-state index contributed by atoms with van der Waals surface area (Å²) in [4.78, 5) is 14.5. The van der Waals surface area contributed by atoms with Gasteiger partial charge in [0.05, 0.1) is 23.3 Å². The molecule has 1 fully saturated rings. The Morgan fingerprint density at radius 3 is 2.41 bits per heavy atom. The number of morpholine rings is 1. The van der Waals surface area contributed by atoms with Crippen molar-refractivity contribution < 1.29 is 14.6 Å². The largest absolute Gasteiger partial charge is 0.505 e. The zero-order chi connectivity index (χ0) is 16.3. The number of rotatable bonds is 4. The average molecular weight is 347 g/mol. The van der Waals surface area contributed by atoms with E-state index < -0.39 is 0 Å². The number of nitrogens with one attached hydrogen (secondary N) is 1. The molecule has 1 heterocycles. The molecule has 0 atom stereocenters. The van der Waals surface area contributed by atoms with E-state index in [2.05, 4.69) is 24.1 Å². The third-order valence-electron chi connectivity index (χ3n) is 3.83. The number of halogens is 2. The van der Waals surface area contributed by atoms with E-state index >= 15 is 0 Å². The van der Waals surface area contributed by atoms with Crippen LogP contribution in [0.3, 0.4) is 0 Å². The van der Waals surface area contributed by atoms with Crippen LogP contribution < -0.4 is 5.32 Å². The monoisotopic (exact) mass is 346 g/mol. The number of phenolic OH excluding ortho intramolecular Hbond substituents is 1. The van der Waals surface area contributed by atoms with Crippen LogP contribution in [-0.2, 0) is 4.74 Å². The standard InChI is InChI=1S/C15H20Cl2N2O3/c1-15(2,19-3-5-22-6-4-19)9-18-14(21)10-7-11(16)13(20)12(17)8-10/h7-8,20H,3-6,9H2,1-2H3,(H,18,21). The fraction of sp³-hybridized carbons (Fsp3) is 0.533. The Balaban J connectivity index is 2.00. The van der Waals surface area contributed by atoms with Gasteiger partial charge in [0.2, 0.25) is 0 Å². The summed E-state index contributed by atoms with van der Waals surface area (Å²) in [6, 6.07) is 2.81. The number of ether oxygens (including phenoxy) is 1. The molecular weight excluding hydrogens is 327 g/mol. The Morgan fingerprint density at radius 1 is 1.32 bits per heavy atom. The second-order valence-electron chi connectivity index (χ2n) is 5.88. The van der Waals surface area contributed by atoms with Crippen LogP contribution in [0, 0.1) is 0 Å². The van der Waals surface area contributed by atoms with Crippen LogP contribution in [0.4, 0.5) is 0 Å². The SMILES string of the molecule is CC(C)(CNC(=O)c1cc(Cl)c(O)c(Cl)c1)N1CCOCC1. The molecule has 0 radical (unpaired) electrons. The minimum Gasteiger partial charge on any atom is -0.505 e. The lowest BCUT2D eigenvalue weighted by Crippen LogP contribution is -2.55. The molecule has 0 unspecified atom stereocenters. The molecule has 1 aliphatic rings. The topological polar surface area (TPSA) is 61.8 Å². The molecule has 5 nitrogen and oxygen atoms in total. The van der Waals surface area contributed by atoms with Gasteiger partial charge in [0.25, 0.3) is 5.91 Å². The second kappa shape index (κ2) is 7.04. The number of benzene rings is 1. The highest BCUT2D eigenvalue weighted by atomic mass is 35.5. The van der Waals surface area contributed by atoms with Crippen LogP contribution in [0.2, 0.25) is 10.0 Å². The molecule has 2 rings (SSSR count). The number of aromatic hydroxyl groups is 1.